The van der Waals surface area contributed by atoms with Crippen molar-refractivity contribution in [2.24, 2.45) is 7.05 Å². The normalized spacial score (nSPS) is 10.5. The van der Waals surface area contributed by atoms with Crippen molar-refractivity contribution in [3.05, 3.63) is 39.6 Å². The molecule has 7 heteroatoms. The first-order valence-electron chi connectivity index (χ1n) is 5.38. The van der Waals surface area contributed by atoms with Crippen LogP contribution in [0.5, 0.6) is 5.75 Å². The minimum Gasteiger partial charge on any atom is -0.504 e. The number of hydrogen-bond acceptors (Lipinski definition) is 3. The Hall–Kier alpha value is -1.72. The molecule has 0 unspecified atom stereocenters. The lowest BCUT2D eigenvalue weighted by molar-refractivity contribution is 0.101. The number of carbonyl (C=O) groups excluding carboxylic acids is 1. The second-order valence-electron chi connectivity index (χ2n) is 4.03. The van der Waals surface area contributed by atoms with E-state index in [-0.39, 0.29) is 16.5 Å². The van der Waals surface area contributed by atoms with Crippen LogP contribution >= 0.6 is 23.2 Å². The summed E-state index contributed by atoms with van der Waals surface area (Å²) in [4.78, 5) is 12.1. The van der Waals surface area contributed by atoms with E-state index < -0.39 is 5.91 Å². The number of phenols is 1. The Morgan fingerprint density at radius 1 is 1.37 bits per heavy atom. The lowest BCUT2D eigenvalue weighted by atomic mass is 10.2. The van der Waals surface area contributed by atoms with E-state index in [2.05, 4.69) is 10.4 Å². The lowest BCUT2D eigenvalue weighted by Gasteiger charge is -2.09. The lowest BCUT2D eigenvalue weighted by Crippen LogP contribution is -2.16. The quantitative estimate of drug-likeness (QED) is 0.838. The van der Waals surface area contributed by atoms with Crippen LogP contribution in [0.15, 0.2) is 18.2 Å². The van der Waals surface area contributed by atoms with Crippen LogP contribution in [0.1, 0.15) is 16.2 Å². The average Bonchev–Trinajstić information content (AvgIpc) is 2.64. The maximum absolute atomic E-state index is 12.1. The van der Waals surface area contributed by atoms with Crippen LogP contribution < -0.4 is 5.32 Å². The van der Waals surface area contributed by atoms with Gasteiger partial charge in [-0.1, -0.05) is 23.2 Å². The molecule has 1 aromatic heterocycles. The number of nitrogens with zero attached hydrogens (tertiary/aromatic N) is 2. The number of rotatable bonds is 2. The number of benzene rings is 1. The summed E-state index contributed by atoms with van der Waals surface area (Å²) in [5.41, 5.74) is 1.25. The highest BCUT2D eigenvalue weighted by molar-refractivity contribution is 6.36. The van der Waals surface area contributed by atoms with Crippen molar-refractivity contribution in [3.63, 3.8) is 0 Å². The van der Waals surface area contributed by atoms with Crippen LogP contribution in [0, 0.1) is 6.92 Å². The van der Waals surface area contributed by atoms with Crippen LogP contribution in [0.2, 0.25) is 10.0 Å². The summed E-state index contributed by atoms with van der Waals surface area (Å²) in [5.74, 6) is -0.630. The number of halogens is 2. The second kappa shape index (κ2) is 5.11. The first-order valence-corrected chi connectivity index (χ1v) is 6.14. The van der Waals surface area contributed by atoms with E-state index in [1.165, 1.54) is 16.8 Å². The van der Waals surface area contributed by atoms with Gasteiger partial charge in [-0.15, -0.1) is 0 Å². The van der Waals surface area contributed by atoms with Crippen LogP contribution in [0.3, 0.4) is 0 Å². The van der Waals surface area contributed by atoms with E-state index in [4.69, 9.17) is 23.2 Å². The second-order valence-corrected chi connectivity index (χ2v) is 4.88. The van der Waals surface area contributed by atoms with Gasteiger partial charge in [0.25, 0.3) is 5.91 Å². The minimum atomic E-state index is -0.406. The molecule has 0 aliphatic carbocycles. The Bertz CT molecular complexity index is 653. The molecule has 0 aliphatic heterocycles. The first kappa shape index (κ1) is 13.7. The molecule has 0 bridgehead atoms. The molecule has 0 saturated carbocycles. The molecule has 1 heterocycles. The van der Waals surface area contributed by atoms with Gasteiger partial charge in [0.2, 0.25) is 0 Å². The van der Waals surface area contributed by atoms with Crippen molar-refractivity contribution in [2.75, 3.05) is 5.32 Å². The number of hydrogen-bond donors (Lipinski definition) is 2. The van der Waals surface area contributed by atoms with Crippen LogP contribution in [0.4, 0.5) is 5.69 Å². The van der Waals surface area contributed by atoms with Gasteiger partial charge in [0.05, 0.1) is 16.4 Å². The van der Waals surface area contributed by atoms with Crippen LogP contribution in [0.25, 0.3) is 0 Å². The topological polar surface area (TPSA) is 67.2 Å². The molecule has 0 radical (unpaired) electrons. The molecule has 0 atom stereocenters. The fraction of sp³-hybridized carbons (Fsp3) is 0.167. The van der Waals surface area contributed by atoms with Crippen molar-refractivity contribution in [1.29, 1.82) is 0 Å². The van der Waals surface area contributed by atoms with Crippen LogP contribution in [-0.4, -0.2) is 20.8 Å². The summed E-state index contributed by atoms with van der Waals surface area (Å²) in [5, 5.41) is 16.8. The van der Waals surface area contributed by atoms with E-state index in [1.54, 1.807) is 20.0 Å². The Kier molecular flexibility index (Phi) is 3.68. The molecule has 100 valence electrons. The standard InChI is InChI=1S/C12H11Cl2N3O2/c1-6-3-10(17(2)16-6)12(19)15-9-5-7(13)4-8(14)11(9)18/h3-5,18H,1-2H3,(H,15,19). The van der Waals surface area contributed by atoms with E-state index in [1.807, 2.05) is 0 Å². The molecular formula is C12H11Cl2N3O2. The van der Waals surface area contributed by atoms with Gasteiger partial charge < -0.3 is 10.4 Å². The Labute approximate surface area is 119 Å². The maximum Gasteiger partial charge on any atom is 0.274 e. The zero-order valence-corrected chi connectivity index (χ0v) is 11.7. The smallest absolute Gasteiger partial charge is 0.274 e. The number of amides is 1. The number of phenolic OH excluding ortho intramolecular Hbond substituents is 1. The third-order valence-corrected chi connectivity index (χ3v) is 3.02. The molecule has 0 aliphatic rings. The molecule has 0 saturated heterocycles. The number of carbonyl (C=O) groups is 1. The van der Waals surface area contributed by atoms with E-state index in [0.29, 0.717) is 10.7 Å². The molecule has 2 rings (SSSR count). The Morgan fingerprint density at radius 2 is 2.05 bits per heavy atom. The van der Waals surface area contributed by atoms with Crippen molar-refractivity contribution < 1.29 is 9.90 Å². The average molecular weight is 300 g/mol. The van der Waals surface area contributed by atoms with Gasteiger partial charge in [0.1, 0.15) is 5.69 Å². The highest BCUT2D eigenvalue weighted by Gasteiger charge is 2.15. The molecule has 2 aromatic rings. The van der Waals surface area contributed by atoms with Gasteiger partial charge in [0, 0.05) is 12.1 Å². The predicted octanol–water partition coefficient (Wildman–Crippen LogP) is 2.99. The summed E-state index contributed by atoms with van der Waals surface area (Å²) < 4.78 is 1.45. The zero-order chi connectivity index (χ0) is 14.2. The summed E-state index contributed by atoms with van der Waals surface area (Å²) in [6.45, 7) is 1.78. The third-order valence-electron chi connectivity index (χ3n) is 2.51. The molecule has 1 aromatic carbocycles. The highest BCUT2D eigenvalue weighted by Crippen LogP contribution is 2.35. The first-order chi connectivity index (χ1) is 8.88. The fourth-order valence-corrected chi connectivity index (χ4v) is 2.16. The van der Waals surface area contributed by atoms with Gasteiger partial charge in [-0.2, -0.15) is 5.10 Å². The molecule has 0 fully saturated rings. The summed E-state index contributed by atoms with van der Waals surface area (Å²) in [6.07, 6.45) is 0. The molecule has 19 heavy (non-hydrogen) atoms. The third kappa shape index (κ3) is 2.83. The summed E-state index contributed by atoms with van der Waals surface area (Å²) in [6, 6.07) is 4.45. The van der Waals surface area contributed by atoms with E-state index >= 15 is 0 Å². The zero-order valence-electron chi connectivity index (χ0n) is 10.2. The Balaban J connectivity index is 2.31. The number of aryl methyl sites for hydroxylation is 2. The molecular weight excluding hydrogens is 289 g/mol. The van der Waals surface area contributed by atoms with E-state index in [0.717, 1.165) is 5.69 Å². The van der Waals surface area contributed by atoms with Gasteiger partial charge in [-0.3, -0.25) is 9.48 Å². The van der Waals surface area contributed by atoms with Crippen LogP contribution in [-0.2, 0) is 7.05 Å². The van der Waals surface area contributed by atoms with Gasteiger partial charge in [-0.05, 0) is 25.1 Å². The van der Waals surface area contributed by atoms with Crippen molar-refractivity contribution in [3.8, 4) is 5.75 Å². The van der Waals surface area contributed by atoms with Crippen molar-refractivity contribution >= 4 is 34.8 Å². The van der Waals surface area contributed by atoms with Gasteiger partial charge >= 0.3 is 0 Å². The Morgan fingerprint density at radius 3 is 2.63 bits per heavy atom. The molecule has 2 N–H and O–H groups in total. The SMILES string of the molecule is Cc1cc(C(=O)Nc2cc(Cl)cc(Cl)c2O)n(C)n1. The van der Waals surface area contributed by atoms with Gasteiger partial charge in [-0.25, -0.2) is 0 Å². The van der Waals surface area contributed by atoms with E-state index in [9.17, 15) is 9.90 Å². The number of aromatic hydroxyl groups is 1. The molecule has 0 spiro atoms. The fourth-order valence-electron chi connectivity index (χ4n) is 1.67. The number of anilines is 1. The highest BCUT2D eigenvalue weighted by atomic mass is 35.5. The van der Waals surface area contributed by atoms with Crippen molar-refractivity contribution in [1.82, 2.24) is 9.78 Å². The monoisotopic (exact) mass is 299 g/mol. The summed E-state index contributed by atoms with van der Waals surface area (Å²) in [7, 11) is 1.66. The van der Waals surface area contributed by atoms with Gasteiger partial charge in [0.15, 0.2) is 5.75 Å². The summed E-state index contributed by atoms with van der Waals surface area (Å²) >= 11 is 11.6. The molecule has 5 nitrogen and oxygen atoms in total. The predicted molar refractivity (Wildman–Crippen MR) is 74.0 cm³/mol. The minimum absolute atomic E-state index is 0.0731. The maximum atomic E-state index is 12.1. The number of aromatic nitrogens is 2. The largest absolute Gasteiger partial charge is 0.504 e. The molecule has 1 amide bonds. The van der Waals surface area contributed by atoms with Crippen molar-refractivity contribution in [2.45, 2.75) is 6.92 Å². The number of nitrogens with one attached hydrogen (secondary N) is 1.